The van der Waals surface area contributed by atoms with E-state index in [4.69, 9.17) is 0 Å². The number of allylic oxidation sites excluding steroid dienone is 2. The Morgan fingerprint density at radius 2 is 1.46 bits per heavy atom. The summed E-state index contributed by atoms with van der Waals surface area (Å²) in [5.41, 5.74) is 1.70. The highest BCUT2D eigenvalue weighted by Gasteiger charge is 2.01. The smallest absolute Gasteiger partial charge is 0.0102 e. The normalized spacial score (nSPS) is 12.9. The standard InChI is InChI=1S/C12H23I/c1-4-7-9-11(6-3)12(13)10-8-5-2/h4-10H2,1-3H3. The van der Waals surface area contributed by atoms with Crippen LogP contribution in [0.2, 0.25) is 0 Å². The molecule has 78 valence electrons. The zero-order chi connectivity index (χ0) is 10.1. The minimum absolute atomic E-state index is 1.25. The summed E-state index contributed by atoms with van der Waals surface area (Å²) in [5, 5.41) is 0. The van der Waals surface area contributed by atoms with Crippen molar-refractivity contribution in [2.24, 2.45) is 0 Å². The predicted molar refractivity (Wildman–Crippen MR) is 70.4 cm³/mol. The first-order valence-corrected chi connectivity index (χ1v) is 6.70. The van der Waals surface area contributed by atoms with Gasteiger partial charge < -0.3 is 0 Å². The quantitative estimate of drug-likeness (QED) is 0.546. The van der Waals surface area contributed by atoms with Crippen LogP contribution in [0.1, 0.15) is 65.7 Å². The van der Waals surface area contributed by atoms with Crippen molar-refractivity contribution in [3.8, 4) is 0 Å². The van der Waals surface area contributed by atoms with Crippen LogP contribution in [0.4, 0.5) is 0 Å². The molecule has 0 N–H and O–H groups in total. The molecule has 0 aromatic carbocycles. The fraction of sp³-hybridized carbons (Fsp3) is 0.833. The van der Waals surface area contributed by atoms with Gasteiger partial charge in [0.25, 0.3) is 0 Å². The molecule has 13 heavy (non-hydrogen) atoms. The molecule has 0 aliphatic carbocycles. The maximum Gasteiger partial charge on any atom is -0.0102 e. The van der Waals surface area contributed by atoms with Crippen molar-refractivity contribution in [3.63, 3.8) is 0 Å². The highest BCUT2D eigenvalue weighted by atomic mass is 127. The maximum absolute atomic E-state index is 2.55. The molecule has 0 saturated carbocycles. The molecule has 0 atom stereocenters. The van der Waals surface area contributed by atoms with Gasteiger partial charge in [-0.1, -0.05) is 39.2 Å². The lowest BCUT2D eigenvalue weighted by molar-refractivity contribution is 0.747. The topological polar surface area (TPSA) is 0 Å². The third-order valence-electron chi connectivity index (χ3n) is 2.39. The lowest BCUT2D eigenvalue weighted by Gasteiger charge is -2.08. The summed E-state index contributed by atoms with van der Waals surface area (Å²) in [5.74, 6) is 0. The Balaban J connectivity index is 3.97. The zero-order valence-electron chi connectivity index (χ0n) is 9.33. The fourth-order valence-corrected chi connectivity index (χ4v) is 2.44. The van der Waals surface area contributed by atoms with Gasteiger partial charge in [0.15, 0.2) is 0 Å². The van der Waals surface area contributed by atoms with Crippen molar-refractivity contribution in [2.45, 2.75) is 65.7 Å². The van der Waals surface area contributed by atoms with Gasteiger partial charge in [0, 0.05) is 0 Å². The van der Waals surface area contributed by atoms with Crippen LogP contribution in [0, 0.1) is 0 Å². The molecule has 0 fully saturated rings. The molecule has 0 rings (SSSR count). The number of rotatable bonds is 7. The Morgan fingerprint density at radius 3 is 1.92 bits per heavy atom. The Hall–Kier alpha value is 0.470. The molecular weight excluding hydrogens is 271 g/mol. The zero-order valence-corrected chi connectivity index (χ0v) is 11.5. The highest BCUT2D eigenvalue weighted by molar-refractivity contribution is 14.1. The van der Waals surface area contributed by atoms with Crippen molar-refractivity contribution >= 4 is 22.6 Å². The summed E-state index contributed by atoms with van der Waals surface area (Å²) < 4.78 is 1.63. The van der Waals surface area contributed by atoms with Crippen LogP contribution in [0.3, 0.4) is 0 Å². The van der Waals surface area contributed by atoms with E-state index in [9.17, 15) is 0 Å². The largest absolute Gasteiger partial charge is 0.0654 e. The van der Waals surface area contributed by atoms with Gasteiger partial charge in [0.05, 0.1) is 0 Å². The van der Waals surface area contributed by atoms with Crippen LogP contribution in [-0.2, 0) is 0 Å². The number of hydrogen-bond donors (Lipinski definition) is 0. The third-order valence-corrected chi connectivity index (χ3v) is 3.69. The third kappa shape index (κ3) is 6.53. The summed E-state index contributed by atoms with van der Waals surface area (Å²) in [6.45, 7) is 6.82. The summed E-state index contributed by atoms with van der Waals surface area (Å²) >= 11 is 2.55. The van der Waals surface area contributed by atoms with E-state index >= 15 is 0 Å². The lowest BCUT2D eigenvalue weighted by atomic mass is 10.0. The Labute approximate surface area is 97.3 Å². The first-order valence-electron chi connectivity index (χ1n) is 5.62. The highest BCUT2D eigenvalue weighted by Crippen LogP contribution is 2.25. The number of halogens is 1. The maximum atomic E-state index is 2.55. The molecule has 0 heterocycles. The molecule has 0 bridgehead atoms. The van der Waals surface area contributed by atoms with Gasteiger partial charge >= 0.3 is 0 Å². The van der Waals surface area contributed by atoms with E-state index in [2.05, 4.69) is 43.4 Å². The van der Waals surface area contributed by atoms with Gasteiger partial charge in [-0.3, -0.25) is 0 Å². The summed E-state index contributed by atoms with van der Waals surface area (Å²) in [4.78, 5) is 0. The van der Waals surface area contributed by atoms with Crippen molar-refractivity contribution in [1.29, 1.82) is 0 Å². The van der Waals surface area contributed by atoms with Gasteiger partial charge in [0.2, 0.25) is 0 Å². The van der Waals surface area contributed by atoms with Crippen LogP contribution in [0.25, 0.3) is 0 Å². The Morgan fingerprint density at radius 1 is 0.923 bits per heavy atom. The van der Waals surface area contributed by atoms with Crippen molar-refractivity contribution in [1.82, 2.24) is 0 Å². The molecule has 1 heteroatoms. The molecule has 0 unspecified atom stereocenters. The SMILES string of the molecule is CCCCC(I)=C(CC)CCCC. The molecule has 0 aromatic rings. The Kier molecular flexibility index (Phi) is 9.37. The average molecular weight is 294 g/mol. The van der Waals surface area contributed by atoms with Gasteiger partial charge in [-0.2, -0.15) is 0 Å². The molecule has 0 nitrogen and oxygen atoms in total. The second kappa shape index (κ2) is 9.04. The Bertz CT molecular complexity index is 147. The van der Waals surface area contributed by atoms with E-state index in [0.29, 0.717) is 0 Å². The number of unbranched alkanes of at least 4 members (excludes halogenated alkanes) is 2. The first kappa shape index (κ1) is 13.5. The van der Waals surface area contributed by atoms with Crippen molar-refractivity contribution in [3.05, 3.63) is 9.15 Å². The van der Waals surface area contributed by atoms with E-state index < -0.39 is 0 Å². The lowest BCUT2D eigenvalue weighted by Crippen LogP contribution is -1.87. The molecular formula is C12H23I. The number of hydrogen-bond acceptors (Lipinski definition) is 0. The monoisotopic (exact) mass is 294 g/mol. The molecule has 0 spiro atoms. The fourth-order valence-electron chi connectivity index (χ4n) is 1.40. The van der Waals surface area contributed by atoms with E-state index in [1.807, 2.05) is 0 Å². The predicted octanol–water partition coefficient (Wildman–Crippen LogP) is 5.47. The average Bonchev–Trinajstić information content (AvgIpc) is 2.16. The molecule has 0 radical (unpaired) electrons. The molecule has 0 saturated heterocycles. The van der Waals surface area contributed by atoms with E-state index in [-0.39, 0.29) is 0 Å². The summed E-state index contributed by atoms with van der Waals surface area (Å²) in [7, 11) is 0. The van der Waals surface area contributed by atoms with Crippen LogP contribution < -0.4 is 0 Å². The van der Waals surface area contributed by atoms with Crippen LogP contribution in [-0.4, -0.2) is 0 Å². The second-order valence-electron chi connectivity index (χ2n) is 3.57. The van der Waals surface area contributed by atoms with Gasteiger partial charge in [-0.05, 0) is 58.3 Å². The second-order valence-corrected chi connectivity index (χ2v) is 4.87. The first-order chi connectivity index (χ1) is 6.26. The minimum atomic E-state index is 1.25. The van der Waals surface area contributed by atoms with E-state index in [1.54, 1.807) is 9.15 Å². The van der Waals surface area contributed by atoms with Gasteiger partial charge in [0.1, 0.15) is 0 Å². The molecule has 0 aromatic heterocycles. The van der Waals surface area contributed by atoms with Crippen LogP contribution >= 0.6 is 22.6 Å². The minimum Gasteiger partial charge on any atom is -0.0654 e. The van der Waals surface area contributed by atoms with Gasteiger partial charge in [-0.15, -0.1) is 0 Å². The van der Waals surface area contributed by atoms with E-state index in [0.717, 1.165) is 0 Å². The van der Waals surface area contributed by atoms with Crippen LogP contribution in [0.15, 0.2) is 9.15 Å². The van der Waals surface area contributed by atoms with Gasteiger partial charge in [-0.25, -0.2) is 0 Å². The molecule has 0 aliphatic rings. The summed E-state index contributed by atoms with van der Waals surface area (Å²) in [6, 6.07) is 0. The summed E-state index contributed by atoms with van der Waals surface area (Å²) in [6.07, 6.45) is 9.25. The molecule has 0 aliphatic heterocycles. The van der Waals surface area contributed by atoms with Crippen molar-refractivity contribution in [2.75, 3.05) is 0 Å². The van der Waals surface area contributed by atoms with Crippen LogP contribution in [0.5, 0.6) is 0 Å². The van der Waals surface area contributed by atoms with E-state index in [1.165, 1.54) is 44.9 Å². The van der Waals surface area contributed by atoms with Crippen molar-refractivity contribution < 1.29 is 0 Å². The molecule has 0 amide bonds.